The summed E-state index contributed by atoms with van der Waals surface area (Å²) in [6.07, 6.45) is -1.73. The number of allylic oxidation sites excluding steroid dienone is 1. The van der Waals surface area contributed by atoms with Crippen molar-refractivity contribution in [2.24, 2.45) is 0 Å². The number of rotatable bonds is 1. The van der Waals surface area contributed by atoms with E-state index in [1.165, 1.54) is 18.5 Å². The van der Waals surface area contributed by atoms with Crippen molar-refractivity contribution in [2.75, 3.05) is 0 Å². The minimum absolute atomic E-state index is 0.183. The van der Waals surface area contributed by atoms with Crippen LogP contribution in [-0.2, 0) is 0 Å². The molecule has 1 heterocycles. The van der Waals surface area contributed by atoms with Crippen molar-refractivity contribution < 1.29 is 18.3 Å². The molecule has 1 aromatic heterocycles. The predicted octanol–water partition coefficient (Wildman–Crippen LogP) is 1.94. The molecule has 0 radical (unpaired) electrons. The summed E-state index contributed by atoms with van der Waals surface area (Å²) < 4.78 is 35.3. The highest BCUT2D eigenvalue weighted by Crippen LogP contribution is 2.23. The summed E-state index contributed by atoms with van der Waals surface area (Å²) in [5.74, 6) is -1.89. The lowest BCUT2D eigenvalue weighted by atomic mass is 10.4. The van der Waals surface area contributed by atoms with Gasteiger partial charge >= 0.3 is 6.18 Å². The number of halogens is 3. The zero-order chi connectivity index (χ0) is 9.90. The van der Waals surface area contributed by atoms with E-state index >= 15 is 0 Å². The average molecular weight is 190 g/mol. The Morgan fingerprint density at radius 3 is 2.31 bits per heavy atom. The first kappa shape index (κ1) is 9.50. The molecule has 0 aliphatic carbocycles. The van der Waals surface area contributed by atoms with Gasteiger partial charge in [0.25, 0.3) is 0 Å². The Morgan fingerprint density at radius 1 is 1.31 bits per heavy atom. The van der Waals surface area contributed by atoms with Crippen molar-refractivity contribution in [3.63, 3.8) is 0 Å². The van der Waals surface area contributed by atoms with Crippen LogP contribution in [0.1, 0.15) is 5.82 Å². The molecule has 0 atom stereocenters. The normalized spacial score (nSPS) is 13.0. The molecule has 0 saturated heterocycles. The molecule has 0 unspecified atom stereocenters. The van der Waals surface area contributed by atoms with E-state index < -0.39 is 11.9 Å². The van der Waals surface area contributed by atoms with Crippen LogP contribution in [0.3, 0.4) is 0 Å². The summed E-state index contributed by atoms with van der Waals surface area (Å²) in [4.78, 5) is 6.97. The van der Waals surface area contributed by atoms with Crippen LogP contribution in [0.15, 0.2) is 24.2 Å². The number of nitrogens with zero attached hydrogens (tertiary/aromatic N) is 2. The maximum Gasteiger partial charge on any atom is 0.448 e. The molecule has 1 aromatic rings. The number of alkyl halides is 3. The van der Waals surface area contributed by atoms with Crippen molar-refractivity contribution in [1.82, 2.24) is 9.97 Å². The van der Waals surface area contributed by atoms with Crippen LogP contribution in [0.4, 0.5) is 13.2 Å². The van der Waals surface area contributed by atoms with Gasteiger partial charge in [0, 0.05) is 18.5 Å². The molecule has 0 spiro atoms. The minimum atomic E-state index is -4.75. The second kappa shape index (κ2) is 3.42. The standard InChI is InChI=1S/C7H5F3N2O/c8-7(9,10)5(13)4-6-11-2-1-3-12-6/h1-4,13H. The van der Waals surface area contributed by atoms with Crippen LogP contribution >= 0.6 is 0 Å². The number of aromatic nitrogens is 2. The number of aliphatic hydroxyl groups is 1. The zero-order valence-corrected chi connectivity index (χ0v) is 6.28. The van der Waals surface area contributed by atoms with Crippen LogP contribution in [0, 0.1) is 0 Å². The van der Waals surface area contributed by atoms with Crippen molar-refractivity contribution in [1.29, 1.82) is 0 Å². The smallest absolute Gasteiger partial charge is 0.448 e. The first-order chi connectivity index (χ1) is 6.00. The van der Waals surface area contributed by atoms with E-state index in [9.17, 15) is 13.2 Å². The van der Waals surface area contributed by atoms with Gasteiger partial charge in [0.1, 0.15) is 0 Å². The van der Waals surface area contributed by atoms with Crippen molar-refractivity contribution in [2.45, 2.75) is 6.18 Å². The fraction of sp³-hybridized carbons (Fsp3) is 0.143. The number of aliphatic hydroxyl groups excluding tert-OH is 1. The van der Waals surface area contributed by atoms with Gasteiger partial charge in [-0.1, -0.05) is 0 Å². The third kappa shape index (κ3) is 2.73. The van der Waals surface area contributed by atoms with Gasteiger partial charge in [-0.05, 0) is 6.07 Å². The predicted molar refractivity (Wildman–Crippen MR) is 38.7 cm³/mol. The second-order valence-corrected chi connectivity index (χ2v) is 2.13. The Kier molecular flexibility index (Phi) is 2.50. The van der Waals surface area contributed by atoms with Gasteiger partial charge in [-0.15, -0.1) is 0 Å². The molecule has 0 saturated carbocycles. The van der Waals surface area contributed by atoms with Gasteiger partial charge in [0.2, 0.25) is 5.76 Å². The molecule has 0 aliphatic rings. The van der Waals surface area contributed by atoms with Crippen molar-refractivity contribution >= 4 is 6.08 Å². The maximum absolute atomic E-state index is 11.8. The van der Waals surface area contributed by atoms with E-state index in [1.807, 2.05) is 0 Å². The molecular formula is C7H5F3N2O. The van der Waals surface area contributed by atoms with Crippen LogP contribution in [0.25, 0.3) is 6.08 Å². The van der Waals surface area contributed by atoms with Gasteiger partial charge in [-0.25, -0.2) is 9.97 Å². The monoisotopic (exact) mass is 190 g/mol. The molecule has 1 N–H and O–H groups in total. The fourth-order valence-electron chi connectivity index (χ4n) is 0.589. The largest absolute Gasteiger partial charge is 0.504 e. The van der Waals surface area contributed by atoms with E-state index in [1.54, 1.807) is 0 Å². The summed E-state index contributed by atoms with van der Waals surface area (Å²) in [6, 6.07) is 1.46. The SMILES string of the molecule is OC(=Cc1ncccn1)C(F)(F)F. The topological polar surface area (TPSA) is 46.0 Å². The van der Waals surface area contributed by atoms with Crippen LogP contribution in [0.5, 0.6) is 0 Å². The Morgan fingerprint density at radius 2 is 1.85 bits per heavy atom. The highest BCUT2D eigenvalue weighted by atomic mass is 19.4. The van der Waals surface area contributed by atoms with Gasteiger partial charge in [0.05, 0.1) is 0 Å². The molecule has 70 valence electrons. The Balaban J connectivity index is 2.90. The lowest BCUT2D eigenvalue weighted by Crippen LogP contribution is -2.11. The van der Waals surface area contributed by atoms with E-state index in [0.29, 0.717) is 6.08 Å². The molecule has 3 nitrogen and oxygen atoms in total. The Bertz CT molecular complexity index is 307. The maximum atomic E-state index is 11.8. The molecule has 1 rings (SSSR count). The van der Waals surface area contributed by atoms with Crippen molar-refractivity contribution in [3.05, 3.63) is 30.0 Å². The zero-order valence-electron chi connectivity index (χ0n) is 6.28. The Hall–Kier alpha value is -1.59. The first-order valence-electron chi connectivity index (χ1n) is 3.25. The fourth-order valence-corrected chi connectivity index (χ4v) is 0.589. The lowest BCUT2D eigenvalue weighted by Gasteiger charge is -2.03. The van der Waals surface area contributed by atoms with Crippen LogP contribution < -0.4 is 0 Å². The van der Waals surface area contributed by atoms with Gasteiger partial charge in [-0.3, -0.25) is 0 Å². The molecule has 13 heavy (non-hydrogen) atoms. The molecule has 0 amide bonds. The summed E-state index contributed by atoms with van der Waals surface area (Å²) >= 11 is 0. The quantitative estimate of drug-likeness (QED) is 0.688. The third-order valence-electron chi connectivity index (χ3n) is 1.14. The molecule has 6 heteroatoms. The second-order valence-electron chi connectivity index (χ2n) is 2.13. The number of hydrogen-bond acceptors (Lipinski definition) is 3. The average Bonchev–Trinajstić information content (AvgIpc) is 2.04. The van der Waals surface area contributed by atoms with E-state index in [-0.39, 0.29) is 5.82 Å². The van der Waals surface area contributed by atoms with Gasteiger partial charge in [0.15, 0.2) is 5.82 Å². The first-order valence-corrected chi connectivity index (χ1v) is 3.25. The van der Waals surface area contributed by atoms with E-state index in [4.69, 9.17) is 5.11 Å². The van der Waals surface area contributed by atoms with E-state index in [2.05, 4.69) is 9.97 Å². The van der Waals surface area contributed by atoms with Crippen molar-refractivity contribution in [3.8, 4) is 0 Å². The lowest BCUT2D eigenvalue weighted by molar-refractivity contribution is -0.119. The molecular weight excluding hydrogens is 185 g/mol. The Labute approximate surface area is 71.6 Å². The summed E-state index contributed by atoms with van der Waals surface area (Å²) in [5.41, 5.74) is 0. The summed E-state index contributed by atoms with van der Waals surface area (Å²) in [6.45, 7) is 0. The highest BCUT2D eigenvalue weighted by Gasteiger charge is 2.33. The van der Waals surface area contributed by atoms with Crippen LogP contribution in [0.2, 0.25) is 0 Å². The van der Waals surface area contributed by atoms with E-state index in [0.717, 1.165) is 0 Å². The highest BCUT2D eigenvalue weighted by molar-refractivity contribution is 5.43. The number of hydrogen-bond donors (Lipinski definition) is 1. The minimum Gasteiger partial charge on any atom is -0.504 e. The molecule has 0 aliphatic heterocycles. The van der Waals surface area contributed by atoms with Gasteiger partial charge < -0.3 is 5.11 Å². The third-order valence-corrected chi connectivity index (χ3v) is 1.14. The van der Waals surface area contributed by atoms with Crippen LogP contribution in [-0.4, -0.2) is 21.3 Å². The molecule has 0 bridgehead atoms. The van der Waals surface area contributed by atoms with Gasteiger partial charge in [-0.2, -0.15) is 13.2 Å². The molecule has 0 aromatic carbocycles. The summed E-state index contributed by atoms with van der Waals surface area (Å²) in [5, 5.41) is 8.50. The molecule has 0 fully saturated rings. The summed E-state index contributed by atoms with van der Waals surface area (Å²) in [7, 11) is 0.